The maximum atomic E-state index is 13.0. The van der Waals surface area contributed by atoms with E-state index in [-0.39, 0.29) is 11.9 Å². The van der Waals surface area contributed by atoms with Gasteiger partial charge in [-0.1, -0.05) is 16.8 Å². The van der Waals surface area contributed by atoms with Crippen LogP contribution in [0.5, 0.6) is 0 Å². The summed E-state index contributed by atoms with van der Waals surface area (Å²) in [5.41, 5.74) is 2.23. The topological polar surface area (TPSA) is 64.2 Å². The Morgan fingerprint density at radius 3 is 2.88 bits per heavy atom. The van der Waals surface area contributed by atoms with Gasteiger partial charge in [0.1, 0.15) is 0 Å². The van der Waals surface area contributed by atoms with Gasteiger partial charge in [-0.2, -0.15) is 5.10 Å². The van der Waals surface area contributed by atoms with Crippen LogP contribution >= 0.6 is 11.6 Å². The van der Waals surface area contributed by atoms with Crippen molar-refractivity contribution >= 4 is 17.5 Å². The molecule has 0 bridgehead atoms. The van der Waals surface area contributed by atoms with Gasteiger partial charge in [-0.05, 0) is 50.1 Å². The van der Waals surface area contributed by atoms with Crippen molar-refractivity contribution in [1.29, 1.82) is 0 Å². The van der Waals surface area contributed by atoms with Crippen LogP contribution in [-0.4, -0.2) is 32.3 Å². The molecule has 1 atom stereocenters. The van der Waals surface area contributed by atoms with E-state index in [0.717, 1.165) is 30.6 Å². The molecule has 1 aliphatic rings. The molecule has 6 nitrogen and oxygen atoms in total. The van der Waals surface area contributed by atoms with Crippen molar-refractivity contribution in [1.82, 2.24) is 19.8 Å². The number of carbonyl (C=O) groups is 1. The van der Waals surface area contributed by atoms with Crippen LogP contribution in [0.1, 0.15) is 42.0 Å². The lowest BCUT2D eigenvalue weighted by atomic mass is 10.1. The molecule has 1 aliphatic heterocycles. The van der Waals surface area contributed by atoms with Gasteiger partial charge in [0, 0.05) is 35.9 Å². The van der Waals surface area contributed by atoms with E-state index in [1.54, 1.807) is 24.4 Å². The van der Waals surface area contributed by atoms with E-state index >= 15 is 0 Å². The first-order chi connectivity index (χ1) is 12.7. The Morgan fingerprint density at radius 2 is 2.12 bits per heavy atom. The molecule has 1 fully saturated rings. The molecule has 7 heteroatoms. The minimum Gasteiger partial charge on any atom is -0.355 e. The highest BCUT2D eigenvalue weighted by Gasteiger charge is 2.33. The SMILES string of the molecule is CCn1nccc1C1CCCN1C(=O)c1cc(-c2ccc(Cl)cc2)on1. The van der Waals surface area contributed by atoms with Gasteiger partial charge in [0.15, 0.2) is 11.5 Å². The summed E-state index contributed by atoms with van der Waals surface area (Å²) < 4.78 is 7.33. The molecular formula is C19H19ClN4O2. The molecule has 26 heavy (non-hydrogen) atoms. The quantitative estimate of drug-likeness (QED) is 0.690. The van der Waals surface area contributed by atoms with Crippen molar-refractivity contribution in [3.8, 4) is 11.3 Å². The Hall–Kier alpha value is -2.60. The van der Waals surface area contributed by atoms with Crippen LogP contribution in [0.25, 0.3) is 11.3 Å². The lowest BCUT2D eigenvalue weighted by Gasteiger charge is -2.24. The zero-order valence-corrected chi connectivity index (χ0v) is 15.2. The van der Waals surface area contributed by atoms with Crippen LogP contribution in [0.3, 0.4) is 0 Å². The van der Waals surface area contributed by atoms with E-state index in [9.17, 15) is 4.79 Å². The smallest absolute Gasteiger partial charge is 0.276 e. The maximum Gasteiger partial charge on any atom is 0.276 e. The molecular weight excluding hydrogens is 352 g/mol. The van der Waals surface area contributed by atoms with Crippen LogP contribution in [-0.2, 0) is 6.54 Å². The van der Waals surface area contributed by atoms with Crippen molar-refractivity contribution in [3.63, 3.8) is 0 Å². The summed E-state index contributed by atoms with van der Waals surface area (Å²) >= 11 is 5.92. The van der Waals surface area contributed by atoms with E-state index < -0.39 is 0 Å². The molecule has 3 aromatic rings. The fourth-order valence-electron chi connectivity index (χ4n) is 3.48. The number of hydrogen-bond donors (Lipinski definition) is 0. The van der Waals surface area contributed by atoms with Gasteiger partial charge in [0.25, 0.3) is 5.91 Å². The van der Waals surface area contributed by atoms with Crippen LogP contribution in [0.4, 0.5) is 0 Å². The van der Waals surface area contributed by atoms with Crippen molar-refractivity contribution in [3.05, 3.63) is 59.0 Å². The van der Waals surface area contributed by atoms with E-state index in [1.807, 2.05) is 34.7 Å². The van der Waals surface area contributed by atoms with Gasteiger partial charge in [0.05, 0.1) is 11.7 Å². The Balaban J connectivity index is 1.58. The van der Waals surface area contributed by atoms with Crippen LogP contribution in [0.2, 0.25) is 5.02 Å². The molecule has 0 N–H and O–H groups in total. The average Bonchev–Trinajstić information content (AvgIpc) is 3.40. The van der Waals surface area contributed by atoms with Gasteiger partial charge in [-0.25, -0.2) is 0 Å². The third kappa shape index (κ3) is 3.01. The van der Waals surface area contributed by atoms with Crippen molar-refractivity contribution in [2.75, 3.05) is 6.54 Å². The van der Waals surface area contributed by atoms with Crippen LogP contribution in [0, 0.1) is 0 Å². The first-order valence-corrected chi connectivity index (χ1v) is 9.10. The largest absolute Gasteiger partial charge is 0.355 e. The van der Waals surface area contributed by atoms with E-state index in [4.69, 9.17) is 16.1 Å². The molecule has 1 amide bonds. The van der Waals surface area contributed by atoms with Crippen LogP contribution in [0.15, 0.2) is 47.1 Å². The summed E-state index contributed by atoms with van der Waals surface area (Å²) in [6.45, 7) is 3.54. The zero-order chi connectivity index (χ0) is 18.1. The minimum atomic E-state index is -0.111. The van der Waals surface area contributed by atoms with E-state index in [2.05, 4.69) is 10.3 Å². The Morgan fingerprint density at radius 1 is 1.31 bits per heavy atom. The molecule has 2 aromatic heterocycles. The van der Waals surface area contributed by atoms with Gasteiger partial charge in [-0.3, -0.25) is 9.48 Å². The summed E-state index contributed by atoms with van der Waals surface area (Å²) in [6.07, 6.45) is 3.68. The number of amides is 1. The predicted octanol–water partition coefficient (Wildman–Crippen LogP) is 4.19. The van der Waals surface area contributed by atoms with Crippen molar-refractivity contribution < 1.29 is 9.32 Å². The highest BCUT2D eigenvalue weighted by atomic mass is 35.5. The third-order valence-corrected chi connectivity index (χ3v) is 5.01. The second-order valence-corrected chi connectivity index (χ2v) is 6.75. The first kappa shape index (κ1) is 16.8. The van der Waals surface area contributed by atoms with Gasteiger partial charge in [-0.15, -0.1) is 0 Å². The molecule has 0 saturated carbocycles. The highest BCUT2D eigenvalue weighted by molar-refractivity contribution is 6.30. The van der Waals surface area contributed by atoms with Gasteiger partial charge < -0.3 is 9.42 Å². The van der Waals surface area contributed by atoms with Crippen molar-refractivity contribution in [2.45, 2.75) is 32.4 Å². The standard InChI is InChI=1S/C19H19ClN4O2/c1-2-24-17(9-10-21-24)16-4-3-11-23(16)19(25)15-12-18(26-22-15)13-5-7-14(20)8-6-13/h5-10,12,16H,2-4,11H2,1H3. The van der Waals surface area contributed by atoms with Gasteiger partial charge >= 0.3 is 0 Å². The molecule has 3 heterocycles. The highest BCUT2D eigenvalue weighted by Crippen LogP contribution is 2.33. The molecule has 0 spiro atoms. The second kappa shape index (κ2) is 6.96. The zero-order valence-electron chi connectivity index (χ0n) is 14.4. The number of aryl methyl sites for hydroxylation is 1. The fraction of sp³-hybridized carbons (Fsp3) is 0.316. The van der Waals surface area contributed by atoms with E-state index in [1.165, 1.54) is 0 Å². The van der Waals surface area contributed by atoms with Crippen LogP contribution < -0.4 is 0 Å². The number of hydrogen-bond acceptors (Lipinski definition) is 4. The normalized spacial score (nSPS) is 17.0. The Labute approximate surface area is 156 Å². The predicted molar refractivity (Wildman–Crippen MR) is 97.9 cm³/mol. The van der Waals surface area contributed by atoms with E-state index in [0.29, 0.717) is 23.0 Å². The number of benzene rings is 1. The second-order valence-electron chi connectivity index (χ2n) is 6.31. The summed E-state index contributed by atoms with van der Waals surface area (Å²) in [5, 5.41) is 8.98. The summed E-state index contributed by atoms with van der Waals surface area (Å²) in [6, 6.07) is 11.0. The average molecular weight is 371 g/mol. The van der Waals surface area contributed by atoms with Gasteiger partial charge in [0.2, 0.25) is 0 Å². The fourth-order valence-corrected chi connectivity index (χ4v) is 3.61. The third-order valence-electron chi connectivity index (χ3n) is 4.76. The summed E-state index contributed by atoms with van der Waals surface area (Å²) in [7, 11) is 0. The molecule has 0 aliphatic carbocycles. The Kier molecular flexibility index (Phi) is 4.51. The number of likely N-dealkylation sites (tertiary alicyclic amines) is 1. The summed E-state index contributed by atoms with van der Waals surface area (Å²) in [4.78, 5) is 14.9. The van der Waals surface area contributed by atoms with Crippen molar-refractivity contribution in [2.24, 2.45) is 0 Å². The monoisotopic (exact) mass is 370 g/mol. The molecule has 134 valence electrons. The molecule has 1 aromatic carbocycles. The molecule has 1 saturated heterocycles. The summed E-state index contributed by atoms with van der Waals surface area (Å²) in [5.74, 6) is 0.444. The lowest BCUT2D eigenvalue weighted by molar-refractivity contribution is 0.0719. The Bertz CT molecular complexity index is 916. The number of rotatable bonds is 4. The molecule has 0 radical (unpaired) electrons. The number of nitrogens with zero attached hydrogens (tertiary/aromatic N) is 4. The number of halogens is 1. The molecule has 4 rings (SSSR count). The minimum absolute atomic E-state index is 0.0284. The maximum absolute atomic E-state index is 13.0. The number of carbonyl (C=O) groups excluding carboxylic acids is 1. The first-order valence-electron chi connectivity index (χ1n) is 8.72. The molecule has 1 unspecified atom stereocenters. The number of aromatic nitrogens is 3. The lowest BCUT2D eigenvalue weighted by Crippen LogP contribution is -2.32.